The van der Waals surface area contributed by atoms with E-state index < -0.39 is 6.10 Å². The first kappa shape index (κ1) is 9.63. The van der Waals surface area contributed by atoms with Crippen LogP contribution in [0.3, 0.4) is 0 Å². The summed E-state index contributed by atoms with van der Waals surface area (Å²) in [6.07, 6.45) is 1.80. The van der Waals surface area contributed by atoms with Gasteiger partial charge in [-0.15, -0.1) is 0 Å². The van der Waals surface area contributed by atoms with E-state index >= 15 is 0 Å². The van der Waals surface area contributed by atoms with E-state index in [4.69, 9.17) is 9.84 Å². The second-order valence-corrected chi connectivity index (χ2v) is 2.70. The number of rotatable bonds is 2. The van der Waals surface area contributed by atoms with Crippen molar-refractivity contribution in [2.45, 2.75) is 19.6 Å². The van der Waals surface area contributed by atoms with Crippen molar-refractivity contribution in [1.82, 2.24) is 0 Å². The number of aliphatic hydroxyl groups excluding tert-OH is 1. The van der Waals surface area contributed by atoms with Crippen molar-refractivity contribution < 1.29 is 9.84 Å². The lowest BCUT2D eigenvalue weighted by atomic mass is 10.2. The highest BCUT2D eigenvalue weighted by Gasteiger charge is 1.88. The van der Waals surface area contributed by atoms with Gasteiger partial charge in [-0.1, -0.05) is 30.3 Å². The summed E-state index contributed by atoms with van der Waals surface area (Å²) in [6.45, 7) is 2.05. The van der Waals surface area contributed by atoms with Crippen LogP contribution in [-0.4, -0.2) is 11.2 Å². The average Bonchev–Trinajstić information content (AvgIpc) is 2.14. The minimum absolute atomic E-state index is 0.459. The second kappa shape index (κ2) is 5.23. The van der Waals surface area contributed by atoms with Crippen molar-refractivity contribution in [1.29, 1.82) is 0 Å². The molecule has 0 radical (unpaired) electrons. The highest BCUT2D eigenvalue weighted by Crippen LogP contribution is 1.99. The maximum atomic E-state index is 8.80. The number of hydrogen-bond donors (Lipinski definition) is 1. The molecule has 0 aliphatic heterocycles. The Morgan fingerprint density at radius 1 is 1.38 bits per heavy atom. The van der Waals surface area contributed by atoms with E-state index in [0.717, 1.165) is 5.56 Å². The van der Waals surface area contributed by atoms with Crippen LogP contribution in [0.4, 0.5) is 0 Å². The Kier molecular flexibility index (Phi) is 3.87. The van der Waals surface area contributed by atoms with E-state index in [2.05, 4.69) is 12.0 Å². The van der Waals surface area contributed by atoms with Gasteiger partial charge in [-0.2, -0.15) is 0 Å². The molecule has 0 saturated heterocycles. The minimum atomic E-state index is -0.629. The van der Waals surface area contributed by atoms with Crippen LogP contribution in [0.15, 0.2) is 30.3 Å². The van der Waals surface area contributed by atoms with Crippen molar-refractivity contribution in [2.24, 2.45) is 0 Å². The van der Waals surface area contributed by atoms with Crippen molar-refractivity contribution >= 4 is 0 Å². The van der Waals surface area contributed by atoms with Crippen LogP contribution in [0.2, 0.25) is 0 Å². The predicted molar refractivity (Wildman–Crippen MR) is 50.7 cm³/mol. The van der Waals surface area contributed by atoms with Crippen LogP contribution in [0.1, 0.15) is 12.5 Å². The molecule has 0 aliphatic rings. The van der Waals surface area contributed by atoms with Crippen LogP contribution in [0, 0.1) is 12.0 Å². The van der Waals surface area contributed by atoms with E-state index in [-0.39, 0.29) is 0 Å². The number of hydrogen-bond acceptors (Lipinski definition) is 2. The maximum absolute atomic E-state index is 8.80. The Morgan fingerprint density at radius 3 is 2.69 bits per heavy atom. The molecule has 1 N–H and O–H groups in total. The predicted octanol–water partition coefficient (Wildman–Crippen LogP) is 1.54. The molecule has 68 valence electrons. The molecule has 0 fully saturated rings. The first-order valence-corrected chi connectivity index (χ1v) is 4.13. The molecule has 0 bridgehead atoms. The molecule has 1 aromatic carbocycles. The van der Waals surface area contributed by atoms with E-state index in [0.29, 0.717) is 6.61 Å². The third-order valence-electron chi connectivity index (χ3n) is 1.42. The van der Waals surface area contributed by atoms with Gasteiger partial charge in [0.2, 0.25) is 0 Å². The molecule has 2 heteroatoms. The molecule has 0 amide bonds. The lowest BCUT2D eigenvalue weighted by Crippen LogP contribution is -1.93. The van der Waals surface area contributed by atoms with Crippen molar-refractivity contribution in [3.63, 3.8) is 0 Å². The average molecular weight is 176 g/mol. The molecule has 1 atom stereocenters. The maximum Gasteiger partial charge on any atom is 0.125 e. The summed E-state index contributed by atoms with van der Waals surface area (Å²) in [4.78, 5) is 0. The van der Waals surface area contributed by atoms with Crippen LogP contribution in [-0.2, 0) is 11.3 Å². The van der Waals surface area contributed by atoms with Crippen molar-refractivity contribution in [3.8, 4) is 12.0 Å². The summed E-state index contributed by atoms with van der Waals surface area (Å²) in [6, 6.07) is 9.76. The first-order valence-electron chi connectivity index (χ1n) is 4.13. The lowest BCUT2D eigenvalue weighted by Gasteiger charge is -1.97. The van der Waals surface area contributed by atoms with Gasteiger partial charge in [-0.05, 0) is 18.4 Å². The minimum Gasteiger partial charge on any atom is -0.442 e. The van der Waals surface area contributed by atoms with Gasteiger partial charge in [0.05, 0.1) is 0 Å². The van der Waals surface area contributed by atoms with Gasteiger partial charge in [-0.3, -0.25) is 0 Å². The van der Waals surface area contributed by atoms with Crippen LogP contribution in [0.25, 0.3) is 0 Å². The Labute approximate surface area is 78.2 Å². The fourth-order valence-electron chi connectivity index (χ4n) is 0.821. The molecule has 1 aromatic rings. The summed E-state index contributed by atoms with van der Waals surface area (Å²) in [5.74, 6) is 2.50. The Bertz CT molecular complexity index is 293. The summed E-state index contributed by atoms with van der Waals surface area (Å²) in [5, 5.41) is 8.80. The lowest BCUT2D eigenvalue weighted by molar-refractivity contribution is 0.241. The van der Waals surface area contributed by atoms with Gasteiger partial charge in [0.15, 0.2) is 0 Å². The normalized spacial score (nSPS) is 11.2. The molecule has 2 nitrogen and oxygen atoms in total. The number of aliphatic hydroxyl groups is 1. The number of ether oxygens (including phenoxy) is 1. The molecule has 0 heterocycles. The molecule has 0 aliphatic carbocycles. The van der Waals surface area contributed by atoms with Gasteiger partial charge in [0.1, 0.15) is 18.8 Å². The summed E-state index contributed by atoms with van der Waals surface area (Å²) in [5.41, 5.74) is 1.07. The topological polar surface area (TPSA) is 29.5 Å². The van der Waals surface area contributed by atoms with Gasteiger partial charge in [0.25, 0.3) is 0 Å². The molecule has 0 saturated carbocycles. The number of benzene rings is 1. The Hall–Kier alpha value is -1.46. The van der Waals surface area contributed by atoms with Crippen LogP contribution in [0.5, 0.6) is 0 Å². The summed E-state index contributed by atoms with van der Waals surface area (Å²) < 4.78 is 5.01. The second-order valence-electron chi connectivity index (χ2n) is 2.70. The summed E-state index contributed by atoms with van der Waals surface area (Å²) in [7, 11) is 0. The van der Waals surface area contributed by atoms with Crippen molar-refractivity contribution in [2.75, 3.05) is 0 Å². The Balaban J connectivity index is 2.33. The highest BCUT2D eigenvalue weighted by molar-refractivity contribution is 5.13. The SMILES string of the molecule is C[C@H](O)C#COCc1ccccc1. The van der Waals surface area contributed by atoms with Crippen LogP contribution >= 0.6 is 0 Å². The monoisotopic (exact) mass is 176 g/mol. The van der Waals surface area contributed by atoms with Crippen LogP contribution < -0.4 is 0 Å². The molecule has 0 spiro atoms. The zero-order chi connectivity index (χ0) is 9.52. The third kappa shape index (κ3) is 4.19. The largest absolute Gasteiger partial charge is 0.442 e. The smallest absolute Gasteiger partial charge is 0.125 e. The van der Waals surface area contributed by atoms with Gasteiger partial charge < -0.3 is 9.84 Å². The zero-order valence-electron chi connectivity index (χ0n) is 7.53. The van der Waals surface area contributed by atoms with E-state index in [1.807, 2.05) is 30.3 Å². The van der Waals surface area contributed by atoms with Gasteiger partial charge in [0, 0.05) is 0 Å². The van der Waals surface area contributed by atoms with E-state index in [1.54, 1.807) is 6.92 Å². The zero-order valence-corrected chi connectivity index (χ0v) is 7.53. The highest BCUT2D eigenvalue weighted by atomic mass is 16.5. The first-order chi connectivity index (χ1) is 6.29. The molecular weight excluding hydrogens is 164 g/mol. The standard InChI is InChI=1S/C11H12O2/c1-10(12)7-8-13-9-11-5-3-2-4-6-11/h2-6,10,12H,9H2,1H3/t10-/m0/s1. The van der Waals surface area contributed by atoms with Gasteiger partial charge in [-0.25, -0.2) is 0 Å². The fraction of sp³-hybridized carbons (Fsp3) is 0.273. The molecule has 1 rings (SSSR count). The molecular formula is C11H12O2. The van der Waals surface area contributed by atoms with E-state index in [9.17, 15) is 0 Å². The quantitative estimate of drug-likeness (QED) is 0.693. The Morgan fingerprint density at radius 2 is 2.08 bits per heavy atom. The van der Waals surface area contributed by atoms with Crippen molar-refractivity contribution in [3.05, 3.63) is 35.9 Å². The molecule has 0 unspecified atom stereocenters. The van der Waals surface area contributed by atoms with Gasteiger partial charge >= 0.3 is 0 Å². The summed E-state index contributed by atoms with van der Waals surface area (Å²) >= 11 is 0. The molecule has 13 heavy (non-hydrogen) atoms. The van der Waals surface area contributed by atoms with E-state index in [1.165, 1.54) is 0 Å². The molecule has 0 aromatic heterocycles. The fourth-order valence-corrected chi connectivity index (χ4v) is 0.821. The third-order valence-corrected chi connectivity index (χ3v) is 1.42.